The fourth-order valence-electron chi connectivity index (χ4n) is 3.87. The molecule has 0 saturated heterocycles. The Morgan fingerprint density at radius 3 is 1.97 bits per heavy atom. The zero-order valence-electron chi connectivity index (χ0n) is 17.7. The second-order valence-electron chi connectivity index (χ2n) is 7.74. The quantitative estimate of drug-likeness (QED) is 0.250. The first kappa shape index (κ1) is 24.2. The molecule has 1 aliphatic rings. The minimum Gasteiger partial charge on any atom is -0.396 e. The molecule has 0 bridgehead atoms. The molecule has 0 amide bonds. The number of hydrogen-bond acceptors (Lipinski definition) is 7. The van der Waals surface area contributed by atoms with Crippen molar-refractivity contribution in [3.8, 4) is 0 Å². The van der Waals surface area contributed by atoms with E-state index in [0.29, 0.717) is 0 Å². The van der Waals surface area contributed by atoms with Gasteiger partial charge in [0.25, 0.3) is 10.1 Å². The standard InChI is InChI=1S/C22H27N3O6S/c1-32(27,28)31-20-18(13-26)12-19(24-25-23)21(29-14-16-8-4-2-5-9-16)22(20)30-15-17-10-6-3-7-11-17/h2-11,18-22,26H,12-15H2,1H3/t18-,19+,20-,21+,22+/m0/s1. The van der Waals surface area contributed by atoms with Crippen LogP contribution in [0.5, 0.6) is 0 Å². The van der Waals surface area contributed by atoms with Gasteiger partial charge >= 0.3 is 0 Å². The fourth-order valence-corrected chi connectivity index (χ4v) is 4.54. The van der Waals surface area contributed by atoms with Crippen LogP contribution in [0.25, 0.3) is 10.4 Å². The lowest BCUT2D eigenvalue weighted by molar-refractivity contribution is -0.169. The summed E-state index contributed by atoms with van der Waals surface area (Å²) >= 11 is 0. The molecule has 10 heteroatoms. The third-order valence-corrected chi connectivity index (χ3v) is 5.90. The molecule has 2 aromatic carbocycles. The highest BCUT2D eigenvalue weighted by molar-refractivity contribution is 7.86. The van der Waals surface area contributed by atoms with E-state index in [1.54, 1.807) is 0 Å². The summed E-state index contributed by atoms with van der Waals surface area (Å²) in [6.07, 6.45) is -1.51. The van der Waals surface area contributed by atoms with Gasteiger partial charge in [0, 0.05) is 17.4 Å². The number of ether oxygens (including phenoxy) is 2. The van der Waals surface area contributed by atoms with E-state index >= 15 is 0 Å². The van der Waals surface area contributed by atoms with Crippen molar-refractivity contribution in [1.82, 2.24) is 0 Å². The summed E-state index contributed by atoms with van der Waals surface area (Å²) in [5.41, 5.74) is 10.9. The topological polar surface area (TPSA) is 131 Å². The molecule has 0 heterocycles. The molecular formula is C22H27N3O6S. The second-order valence-corrected chi connectivity index (χ2v) is 9.34. The Balaban J connectivity index is 1.91. The van der Waals surface area contributed by atoms with Crippen LogP contribution >= 0.6 is 0 Å². The van der Waals surface area contributed by atoms with Crippen LogP contribution in [0.3, 0.4) is 0 Å². The van der Waals surface area contributed by atoms with E-state index in [1.165, 1.54) is 0 Å². The molecule has 5 atom stereocenters. The van der Waals surface area contributed by atoms with Crippen molar-refractivity contribution in [2.24, 2.45) is 11.0 Å². The van der Waals surface area contributed by atoms with Crippen molar-refractivity contribution in [3.05, 3.63) is 82.2 Å². The van der Waals surface area contributed by atoms with Crippen molar-refractivity contribution in [1.29, 1.82) is 0 Å². The normalized spacial score (nSPS) is 25.8. The lowest BCUT2D eigenvalue weighted by Gasteiger charge is -2.44. The maximum atomic E-state index is 12.0. The number of rotatable bonds is 10. The number of nitrogens with zero attached hydrogens (tertiary/aromatic N) is 3. The first-order valence-corrected chi connectivity index (χ1v) is 12.1. The van der Waals surface area contributed by atoms with Gasteiger partial charge < -0.3 is 14.6 Å². The van der Waals surface area contributed by atoms with Crippen LogP contribution in [0.4, 0.5) is 0 Å². The summed E-state index contributed by atoms with van der Waals surface area (Å²) < 4.78 is 41.6. The highest BCUT2D eigenvalue weighted by atomic mass is 32.2. The monoisotopic (exact) mass is 461 g/mol. The molecule has 0 aliphatic heterocycles. The Morgan fingerprint density at radius 1 is 0.969 bits per heavy atom. The number of benzene rings is 2. The largest absolute Gasteiger partial charge is 0.396 e. The van der Waals surface area contributed by atoms with Gasteiger partial charge in [-0.2, -0.15) is 8.42 Å². The van der Waals surface area contributed by atoms with Crippen molar-refractivity contribution in [2.75, 3.05) is 12.9 Å². The van der Waals surface area contributed by atoms with Gasteiger partial charge in [-0.25, -0.2) is 0 Å². The maximum Gasteiger partial charge on any atom is 0.264 e. The third-order valence-electron chi connectivity index (χ3n) is 5.33. The Morgan fingerprint density at radius 2 is 1.50 bits per heavy atom. The van der Waals surface area contributed by atoms with E-state index in [2.05, 4.69) is 10.0 Å². The number of azide groups is 1. The van der Waals surface area contributed by atoms with E-state index in [-0.39, 0.29) is 26.2 Å². The average Bonchev–Trinajstić information content (AvgIpc) is 2.78. The Bertz CT molecular complexity index is 999. The van der Waals surface area contributed by atoms with Crippen LogP contribution < -0.4 is 0 Å². The predicted octanol–water partition coefficient (Wildman–Crippen LogP) is 3.19. The second kappa shape index (κ2) is 11.4. The smallest absolute Gasteiger partial charge is 0.264 e. The van der Waals surface area contributed by atoms with E-state index in [1.807, 2.05) is 60.7 Å². The van der Waals surface area contributed by atoms with Gasteiger partial charge in [0.1, 0.15) is 12.2 Å². The summed E-state index contributed by atoms with van der Waals surface area (Å²) in [6, 6.07) is 18.1. The zero-order chi connectivity index (χ0) is 23.0. The molecule has 3 rings (SSSR count). The van der Waals surface area contributed by atoms with Crippen LogP contribution in [0.2, 0.25) is 0 Å². The van der Waals surface area contributed by atoms with Crippen LogP contribution in [0.1, 0.15) is 17.5 Å². The molecule has 0 aromatic heterocycles. The van der Waals surface area contributed by atoms with Crippen molar-refractivity contribution in [2.45, 2.75) is 44.0 Å². The number of aliphatic hydroxyl groups excluding tert-OH is 1. The average molecular weight is 462 g/mol. The Kier molecular flexibility index (Phi) is 8.63. The lowest BCUT2D eigenvalue weighted by atomic mass is 9.80. The first-order chi connectivity index (χ1) is 15.4. The van der Waals surface area contributed by atoms with Gasteiger partial charge in [-0.3, -0.25) is 4.18 Å². The van der Waals surface area contributed by atoms with E-state index in [9.17, 15) is 13.5 Å². The molecule has 0 radical (unpaired) electrons. The maximum absolute atomic E-state index is 12.0. The molecule has 172 valence electrons. The van der Waals surface area contributed by atoms with Gasteiger partial charge in [-0.05, 0) is 23.1 Å². The summed E-state index contributed by atoms with van der Waals surface area (Å²) in [4.78, 5) is 2.93. The summed E-state index contributed by atoms with van der Waals surface area (Å²) in [6.45, 7) is 0.0270. The predicted molar refractivity (Wildman–Crippen MR) is 118 cm³/mol. The molecule has 32 heavy (non-hydrogen) atoms. The van der Waals surface area contributed by atoms with E-state index in [0.717, 1.165) is 17.4 Å². The molecule has 1 saturated carbocycles. The molecule has 1 N–H and O–H groups in total. The van der Waals surface area contributed by atoms with E-state index in [4.69, 9.17) is 19.2 Å². The minimum absolute atomic E-state index is 0.168. The SMILES string of the molecule is CS(=O)(=O)O[C@H]1[C@H](CO)C[C@@H](N=[N+]=[N-])[C@@H](OCc2ccccc2)[C@@H]1OCc1ccccc1. The van der Waals surface area contributed by atoms with Crippen LogP contribution in [-0.2, 0) is 37.0 Å². The summed E-state index contributed by atoms with van der Waals surface area (Å²) in [7, 11) is -3.85. The number of hydrogen-bond donors (Lipinski definition) is 1. The van der Waals surface area contributed by atoms with Crippen molar-refractivity contribution >= 4 is 10.1 Å². The molecule has 9 nitrogen and oxygen atoms in total. The van der Waals surface area contributed by atoms with Gasteiger partial charge in [0.2, 0.25) is 0 Å². The Hall–Kier alpha value is -2.46. The van der Waals surface area contributed by atoms with Crippen molar-refractivity contribution in [3.63, 3.8) is 0 Å². The highest BCUT2D eigenvalue weighted by Crippen LogP contribution is 2.35. The molecular weight excluding hydrogens is 434 g/mol. The van der Waals surface area contributed by atoms with Crippen LogP contribution in [0.15, 0.2) is 65.8 Å². The molecule has 0 spiro atoms. The summed E-state index contributed by atoms with van der Waals surface area (Å²) in [5.74, 6) is -0.613. The summed E-state index contributed by atoms with van der Waals surface area (Å²) in [5, 5.41) is 13.8. The third kappa shape index (κ3) is 6.77. The van der Waals surface area contributed by atoms with Gasteiger partial charge in [-0.1, -0.05) is 65.8 Å². The van der Waals surface area contributed by atoms with Crippen molar-refractivity contribution < 1.29 is 27.2 Å². The van der Waals surface area contributed by atoms with Crippen LogP contribution in [-0.4, -0.2) is 50.7 Å². The molecule has 1 fully saturated rings. The highest BCUT2D eigenvalue weighted by Gasteiger charge is 2.48. The zero-order valence-corrected chi connectivity index (χ0v) is 18.5. The number of aliphatic hydroxyl groups is 1. The van der Waals surface area contributed by atoms with Crippen LogP contribution in [0, 0.1) is 5.92 Å². The fraction of sp³-hybridized carbons (Fsp3) is 0.455. The lowest BCUT2D eigenvalue weighted by Crippen LogP contribution is -2.57. The van der Waals surface area contributed by atoms with E-state index < -0.39 is 40.4 Å². The van der Waals surface area contributed by atoms with Gasteiger partial charge in [0.15, 0.2) is 0 Å². The molecule has 0 unspecified atom stereocenters. The molecule has 1 aliphatic carbocycles. The first-order valence-electron chi connectivity index (χ1n) is 10.3. The Labute approximate surface area is 187 Å². The minimum atomic E-state index is -3.85. The van der Waals surface area contributed by atoms with Gasteiger partial charge in [-0.15, -0.1) is 0 Å². The molecule has 2 aromatic rings. The van der Waals surface area contributed by atoms with Gasteiger partial charge in [0.05, 0.1) is 31.6 Å².